The van der Waals surface area contributed by atoms with Crippen LogP contribution >= 0.6 is 11.3 Å². The van der Waals surface area contributed by atoms with Gasteiger partial charge in [0.2, 0.25) is 0 Å². The molecule has 0 atom stereocenters. The molecule has 31 heavy (non-hydrogen) atoms. The maximum atomic E-state index is 13.3. The van der Waals surface area contributed by atoms with Crippen LogP contribution in [0.3, 0.4) is 0 Å². The summed E-state index contributed by atoms with van der Waals surface area (Å²) in [4.78, 5) is 22.3. The first-order valence-electron chi connectivity index (χ1n) is 10.7. The summed E-state index contributed by atoms with van der Waals surface area (Å²) in [5, 5.41) is 3.16. The van der Waals surface area contributed by atoms with Gasteiger partial charge in [0.1, 0.15) is 5.75 Å². The number of methoxy groups -OCH3 is 1. The van der Waals surface area contributed by atoms with Crippen LogP contribution in [0.4, 0.5) is 5.13 Å². The molecule has 0 N–H and O–H groups in total. The Labute approximate surface area is 185 Å². The molecule has 4 aromatic rings. The molecule has 5 rings (SSSR count). The van der Waals surface area contributed by atoms with Crippen LogP contribution in [0.2, 0.25) is 0 Å². The van der Waals surface area contributed by atoms with E-state index >= 15 is 0 Å². The van der Waals surface area contributed by atoms with Crippen LogP contribution in [0.1, 0.15) is 22.8 Å². The molecular weight excluding hydrogens is 406 g/mol. The molecule has 0 radical (unpaired) electrons. The molecule has 0 spiro atoms. The maximum Gasteiger partial charge on any atom is 0.257 e. The lowest BCUT2D eigenvalue weighted by atomic mass is 10.0. The first-order chi connectivity index (χ1) is 15.2. The van der Waals surface area contributed by atoms with Crippen molar-refractivity contribution in [2.24, 2.45) is 0 Å². The normalized spacial score (nSPS) is 14.4. The number of amides is 1. The van der Waals surface area contributed by atoms with Crippen molar-refractivity contribution in [2.75, 3.05) is 38.2 Å². The minimum Gasteiger partial charge on any atom is -0.496 e. The van der Waals surface area contributed by atoms with Gasteiger partial charge in [-0.1, -0.05) is 48.6 Å². The standard InChI is InChI=1S/C25H25N3O2S/c1-3-17-8-9-21-23(14-17)31-25(26-21)28-12-10-27(11-13-28)24(29)20-15-18-6-4-5-7-19(18)16-22(20)30-2/h4-9,14-16H,3,10-13H2,1-2H3. The number of aryl methyl sites for hydroxylation is 1. The van der Waals surface area contributed by atoms with Gasteiger partial charge >= 0.3 is 0 Å². The molecule has 0 aliphatic carbocycles. The number of rotatable bonds is 4. The highest BCUT2D eigenvalue weighted by Gasteiger charge is 2.26. The number of fused-ring (bicyclic) bond motifs is 2. The van der Waals surface area contributed by atoms with Crippen LogP contribution in [0.5, 0.6) is 5.75 Å². The smallest absolute Gasteiger partial charge is 0.257 e. The molecule has 1 aliphatic heterocycles. The van der Waals surface area contributed by atoms with E-state index in [1.54, 1.807) is 18.4 Å². The van der Waals surface area contributed by atoms with Gasteiger partial charge in [-0.25, -0.2) is 4.98 Å². The van der Waals surface area contributed by atoms with E-state index in [1.165, 1.54) is 10.3 Å². The van der Waals surface area contributed by atoms with E-state index in [1.807, 2.05) is 41.3 Å². The van der Waals surface area contributed by atoms with Crippen LogP contribution in [0, 0.1) is 0 Å². The molecule has 3 aromatic carbocycles. The average molecular weight is 432 g/mol. The summed E-state index contributed by atoms with van der Waals surface area (Å²) >= 11 is 1.74. The molecule has 1 saturated heterocycles. The molecule has 2 heterocycles. The van der Waals surface area contributed by atoms with E-state index < -0.39 is 0 Å². The largest absolute Gasteiger partial charge is 0.496 e. The fourth-order valence-electron chi connectivity index (χ4n) is 4.14. The quantitative estimate of drug-likeness (QED) is 0.457. The Bertz CT molecular complexity index is 1260. The first kappa shape index (κ1) is 19.8. The number of hydrogen-bond donors (Lipinski definition) is 0. The lowest BCUT2D eigenvalue weighted by Crippen LogP contribution is -2.48. The molecule has 1 aromatic heterocycles. The molecule has 158 valence electrons. The van der Waals surface area contributed by atoms with E-state index in [2.05, 4.69) is 30.0 Å². The lowest BCUT2D eigenvalue weighted by molar-refractivity contribution is 0.0743. The summed E-state index contributed by atoms with van der Waals surface area (Å²) in [6.45, 7) is 5.07. The Kier molecular flexibility index (Phi) is 5.24. The van der Waals surface area contributed by atoms with Crippen molar-refractivity contribution < 1.29 is 9.53 Å². The van der Waals surface area contributed by atoms with E-state index in [0.717, 1.165) is 40.9 Å². The Morgan fingerprint density at radius 1 is 1.03 bits per heavy atom. The second kappa shape index (κ2) is 8.19. The molecule has 0 unspecified atom stereocenters. The number of anilines is 1. The van der Waals surface area contributed by atoms with Gasteiger partial charge in [-0.05, 0) is 47.0 Å². The third-order valence-corrected chi connectivity index (χ3v) is 7.06. The second-order valence-electron chi connectivity index (χ2n) is 7.83. The van der Waals surface area contributed by atoms with Crippen LogP contribution in [-0.2, 0) is 6.42 Å². The zero-order valence-electron chi connectivity index (χ0n) is 17.8. The number of carbonyl (C=O) groups excluding carboxylic acids is 1. The van der Waals surface area contributed by atoms with Crippen LogP contribution in [0.25, 0.3) is 21.0 Å². The monoisotopic (exact) mass is 431 g/mol. The third-order valence-electron chi connectivity index (χ3n) is 5.99. The zero-order chi connectivity index (χ0) is 21.4. The number of hydrogen-bond acceptors (Lipinski definition) is 5. The van der Waals surface area contributed by atoms with Gasteiger partial charge in [0.15, 0.2) is 5.13 Å². The Morgan fingerprint density at radius 3 is 2.48 bits per heavy atom. The summed E-state index contributed by atoms with van der Waals surface area (Å²) in [6, 6.07) is 18.4. The highest BCUT2D eigenvalue weighted by Crippen LogP contribution is 2.31. The minimum atomic E-state index is 0.0270. The van der Waals surface area contributed by atoms with E-state index in [0.29, 0.717) is 24.4 Å². The summed E-state index contributed by atoms with van der Waals surface area (Å²) in [5.74, 6) is 0.656. The fraction of sp³-hybridized carbons (Fsp3) is 0.280. The van der Waals surface area contributed by atoms with Crippen molar-refractivity contribution in [1.82, 2.24) is 9.88 Å². The fourth-order valence-corrected chi connectivity index (χ4v) is 5.22. The molecule has 6 heteroatoms. The Hall–Kier alpha value is -3.12. The highest BCUT2D eigenvalue weighted by molar-refractivity contribution is 7.22. The molecule has 1 fully saturated rings. The molecular formula is C25H25N3O2S. The topological polar surface area (TPSA) is 45.7 Å². The predicted molar refractivity (Wildman–Crippen MR) is 128 cm³/mol. The number of aromatic nitrogens is 1. The number of ether oxygens (including phenoxy) is 1. The Morgan fingerprint density at radius 2 is 1.77 bits per heavy atom. The van der Waals surface area contributed by atoms with E-state index in [4.69, 9.17) is 9.72 Å². The van der Waals surface area contributed by atoms with Crippen molar-refractivity contribution in [2.45, 2.75) is 13.3 Å². The van der Waals surface area contributed by atoms with Gasteiger partial charge < -0.3 is 14.5 Å². The van der Waals surface area contributed by atoms with Crippen LogP contribution in [0.15, 0.2) is 54.6 Å². The van der Waals surface area contributed by atoms with Crippen molar-refractivity contribution in [3.63, 3.8) is 0 Å². The lowest BCUT2D eigenvalue weighted by Gasteiger charge is -2.34. The summed E-state index contributed by atoms with van der Waals surface area (Å²) in [6.07, 6.45) is 1.03. The third kappa shape index (κ3) is 3.72. The van der Waals surface area contributed by atoms with Gasteiger partial charge in [0, 0.05) is 26.2 Å². The number of carbonyl (C=O) groups is 1. The predicted octanol–water partition coefficient (Wildman–Crippen LogP) is 4.98. The van der Waals surface area contributed by atoms with E-state index in [-0.39, 0.29) is 5.91 Å². The van der Waals surface area contributed by atoms with Crippen molar-refractivity contribution >= 4 is 43.4 Å². The number of piperazine rings is 1. The van der Waals surface area contributed by atoms with Crippen molar-refractivity contribution in [3.8, 4) is 5.75 Å². The maximum absolute atomic E-state index is 13.3. The van der Waals surface area contributed by atoms with Gasteiger partial charge in [0.05, 0.1) is 22.9 Å². The zero-order valence-corrected chi connectivity index (χ0v) is 18.6. The van der Waals surface area contributed by atoms with Crippen molar-refractivity contribution in [3.05, 3.63) is 65.7 Å². The molecule has 5 nitrogen and oxygen atoms in total. The summed E-state index contributed by atoms with van der Waals surface area (Å²) < 4.78 is 6.77. The number of thiazole rings is 1. The van der Waals surface area contributed by atoms with Gasteiger partial charge in [-0.3, -0.25) is 4.79 Å². The second-order valence-corrected chi connectivity index (χ2v) is 8.84. The van der Waals surface area contributed by atoms with Crippen LogP contribution in [-0.4, -0.2) is 49.1 Å². The molecule has 1 aliphatic rings. The summed E-state index contributed by atoms with van der Waals surface area (Å²) in [7, 11) is 1.62. The van der Waals surface area contributed by atoms with Gasteiger partial charge in [-0.2, -0.15) is 0 Å². The highest BCUT2D eigenvalue weighted by atomic mass is 32.1. The van der Waals surface area contributed by atoms with Gasteiger partial charge in [0.25, 0.3) is 5.91 Å². The average Bonchev–Trinajstić information content (AvgIpc) is 3.26. The summed E-state index contributed by atoms with van der Waals surface area (Å²) in [5.41, 5.74) is 3.01. The van der Waals surface area contributed by atoms with Crippen molar-refractivity contribution in [1.29, 1.82) is 0 Å². The SMILES string of the molecule is CCc1ccc2nc(N3CCN(C(=O)c4cc5ccccc5cc4OC)CC3)sc2c1. The number of benzene rings is 3. The van der Waals surface area contributed by atoms with E-state index in [9.17, 15) is 4.79 Å². The van der Waals surface area contributed by atoms with Gasteiger partial charge in [-0.15, -0.1) is 0 Å². The molecule has 0 saturated carbocycles. The minimum absolute atomic E-state index is 0.0270. The molecule has 1 amide bonds. The van der Waals surface area contributed by atoms with Crippen LogP contribution < -0.4 is 9.64 Å². The first-order valence-corrected chi connectivity index (χ1v) is 11.5. The molecule has 0 bridgehead atoms. The Balaban J connectivity index is 1.33. The number of nitrogens with zero attached hydrogens (tertiary/aromatic N) is 3.